The molecule has 5 nitrogen and oxygen atoms in total. The van der Waals surface area contributed by atoms with Gasteiger partial charge in [0.05, 0.1) is 10.6 Å². The highest BCUT2D eigenvalue weighted by molar-refractivity contribution is 5.63. The Morgan fingerprint density at radius 3 is 2.62 bits per heavy atom. The molecule has 0 atom stereocenters. The second kappa shape index (κ2) is 3.98. The van der Waals surface area contributed by atoms with Crippen LogP contribution in [0.2, 0.25) is 0 Å². The lowest BCUT2D eigenvalue weighted by Gasteiger charge is -2.01. The number of nitrogens with two attached hydrogens (primary N) is 1. The van der Waals surface area contributed by atoms with Crippen molar-refractivity contribution in [3.05, 3.63) is 52.6 Å². The molecular weight excluding hydrogens is 206 g/mol. The standard InChI is InChI=1S/C11H9N3O2/c12-11-6-2-5-10(13-11)8-3-1-4-9(7-8)14(15)16/h1-7H,(H2,12,13). The monoisotopic (exact) mass is 215 g/mol. The fraction of sp³-hybridized carbons (Fsp3) is 0. The normalized spacial score (nSPS) is 10.0. The molecule has 0 aliphatic carbocycles. The number of nitrogen functional groups attached to an aromatic ring is 1. The summed E-state index contributed by atoms with van der Waals surface area (Å²) in [4.78, 5) is 14.3. The van der Waals surface area contributed by atoms with Crippen molar-refractivity contribution in [1.29, 1.82) is 0 Å². The number of pyridine rings is 1. The van der Waals surface area contributed by atoms with Crippen molar-refractivity contribution in [2.75, 3.05) is 5.73 Å². The van der Waals surface area contributed by atoms with Gasteiger partial charge < -0.3 is 5.73 Å². The number of nitrogens with zero attached hydrogens (tertiary/aromatic N) is 2. The molecule has 0 aliphatic heterocycles. The van der Waals surface area contributed by atoms with Gasteiger partial charge >= 0.3 is 0 Å². The molecule has 2 rings (SSSR count). The lowest BCUT2D eigenvalue weighted by Crippen LogP contribution is -1.92. The molecular formula is C11H9N3O2. The summed E-state index contributed by atoms with van der Waals surface area (Å²) in [5.41, 5.74) is 6.90. The van der Waals surface area contributed by atoms with Gasteiger partial charge in [0.15, 0.2) is 0 Å². The summed E-state index contributed by atoms with van der Waals surface area (Å²) in [5.74, 6) is 0.393. The number of nitro groups is 1. The first kappa shape index (κ1) is 10.1. The highest BCUT2D eigenvalue weighted by atomic mass is 16.6. The van der Waals surface area contributed by atoms with Gasteiger partial charge in [-0.05, 0) is 12.1 Å². The lowest BCUT2D eigenvalue weighted by molar-refractivity contribution is -0.384. The van der Waals surface area contributed by atoms with Gasteiger partial charge in [-0.1, -0.05) is 18.2 Å². The zero-order valence-corrected chi connectivity index (χ0v) is 8.33. The molecule has 0 saturated heterocycles. The van der Waals surface area contributed by atoms with Gasteiger partial charge in [0.25, 0.3) is 5.69 Å². The van der Waals surface area contributed by atoms with E-state index in [1.54, 1.807) is 30.3 Å². The summed E-state index contributed by atoms with van der Waals surface area (Å²) in [6.45, 7) is 0. The van der Waals surface area contributed by atoms with E-state index in [-0.39, 0.29) is 5.69 Å². The molecule has 0 saturated carbocycles. The number of aromatic nitrogens is 1. The van der Waals surface area contributed by atoms with Gasteiger partial charge in [-0.15, -0.1) is 0 Å². The minimum Gasteiger partial charge on any atom is -0.384 e. The first-order valence-electron chi connectivity index (χ1n) is 4.64. The van der Waals surface area contributed by atoms with Crippen LogP contribution in [0.5, 0.6) is 0 Å². The van der Waals surface area contributed by atoms with E-state index in [0.29, 0.717) is 17.1 Å². The predicted molar refractivity (Wildman–Crippen MR) is 60.7 cm³/mol. The largest absolute Gasteiger partial charge is 0.384 e. The van der Waals surface area contributed by atoms with E-state index in [9.17, 15) is 10.1 Å². The molecule has 1 aromatic heterocycles. The fourth-order valence-electron chi connectivity index (χ4n) is 1.39. The fourth-order valence-corrected chi connectivity index (χ4v) is 1.39. The maximum absolute atomic E-state index is 10.6. The van der Waals surface area contributed by atoms with Crippen molar-refractivity contribution in [2.45, 2.75) is 0 Å². The summed E-state index contributed by atoms with van der Waals surface area (Å²) in [6.07, 6.45) is 0. The average Bonchev–Trinajstić information content (AvgIpc) is 2.29. The van der Waals surface area contributed by atoms with Crippen LogP contribution in [0.25, 0.3) is 11.3 Å². The van der Waals surface area contributed by atoms with Gasteiger partial charge in [0, 0.05) is 17.7 Å². The van der Waals surface area contributed by atoms with E-state index < -0.39 is 4.92 Å². The Morgan fingerprint density at radius 2 is 1.94 bits per heavy atom. The molecule has 0 spiro atoms. The van der Waals surface area contributed by atoms with E-state index in [2.05, 4.69) is 4.98 Å². The third-order valence-electron chi connectivity index (χ3n) is 2.12. The molecule has 80 valence electrons. The van der Waals surface area contributed by atoms with Gasteiger partial charge in [-0.3, -0.25) is 10.1 Å². The number of nitro benzene ring substituents is 1. The molecule has 0 aliphatic rings. The smallest absolute Gasteiger partial charge is 0.270 e. The SMILES string of the molecule is Nc1cccc(-c2cccc([N+](=O)[O-])c2)n1. The second-order valence-electron chi connectivity index (χ2n) is 3.26. The molecule has 2 aromatic rings. The molecule has 5 heteroatoms. The van der Waals surface area contributed by atoms with Crippen LogP contribution in [0, 0.1) is 10.1 Å². The highest BCUT2D eigenvalue weighted by Gasteiger charge is 2.07. The topological polar surface area (TPSA) is 82.0 Å². The van der Waals surface area contributed by atoms with Gasteiger partial charge in [0.1, 0.15) is 5.82 Å². The minimum atomic E-state index is -0.435. The lowest BCUT2D eigenvalue weighted by atomic mass is 10.1. The van der Waals surface area contributed by atoms with Crippen LogP contribution >= 0.6 is 0 Å². The van der Waals surface area contributed by atoms with Crippen LogP contribution in [0.15, 0.2) is 42.5 Å². The Morgan fingerprint density at radius 1 is 1.19 bits per heavy atom. The molecule has 1 aromatic carbocycles. The van der Waals surface area contributed by atoms with Crippen LogP contribution in [0.1, 0.15) is 0 Å². The third kappa shape index (κ3) is 1.98. The second-order valence-corrected chi connectivity index (χ2v) is 3.26. The number of hydrogen-bond donors (Lipinski definition) is 1. The van der Waals surface area contributed by atoms with Crippen molar-refractivity contribution < 1.29 is 4.92 Å². The first-order chi connectivity index (χ1) is 7.66. The van der Waals surface area contributed by atoms with Crippen molar-refractivity contribution in [3.63, 3.8) is 0 Å². The van der Waals surface area contributed by atoms with E-state index in [1.807, 2.05) is 0 Å². The van der Waals surface area contributed by atoms with Gasteiger partial charge in [0.2, 0.25) is 0 Å². The molecule has 1 heterocycles. The summed E-state index contributed by atoms with van der Waals surface area (Å²) in [7, 11) is 0. The third-order valence-corrected chi connectivity index (χ3v) is 2.12. The zero-order valence-electron chi connectivity index (χ0n) is 8.33. The number of non-ortho nitro benzene ring substituents is 1. The molecule has 0 amide bonds. The molecule has 2 N–H and O–H groups in total. The molecule has 0 bridgehead atoms. The number of anilines is 1. The predicted octanol–water partition coefficient (Wildman–Crippen LogP) is 2.24. The van der Waals surface area contributed by atoms with Gasteiger partial charge in [-0.25, -0.2) is 4.98 Å². The van der Waals surface area contributed by atoms with E-state index in [1.165, 1.54) is 12.1 Å². The molecule has 0 radical (unpaired) electrons. The highest BCUT2D eigenvalue weighted by Crippen LogP contribution is 2.22. The zero-order chi connectivity index (χ0) is 11.5. The van der Waals surface area contributed by atoms with Crippen molar-refractivity contribution in [1.82, 2.24) is 4.98 Å². The van der Waals surface area contributed by atoms with Crippen LogP contribution in [-0.2, 0) is 0 Å². The van der Waals surface area contributed by atoms with E-state index >= 15 is 0 Å². The maximum Gasteiger partial charge on any atom is 0.270 e. The number of rotatable bonds is 2. The quantitative estimate of drug-likeness (QED) is 0.615. The Bertz CT molecular complexity index is 540. The summed E-state index contributed by atoms with van der Waals surface area (Å²) in [6, 6.07) is 11.5. The first-order valence-corrected chi connectivity index (χ1v) is 4.64. The van der Waals surface area contributed by atoms with Crippen molar-refractivity contribution in [2.24, 2.45) is 0 Å². The Hall–Kier alpha value is -2.43. The van der Waals surface area contributed by atoms with Crippen LogP contribution in [0.3, 0.4) is 0 Å². The van der Waals surface area contributed by atoms with Crippen LogP contribution in [-0.4, -0.2) is 9.91 Å². The van der Waals surface area contributed by atoms with Gasteiger partial charge in [-0.2, -0.15) is 0 Å². The summed E-state index contributed by atoms with van der Waals surface area (Å²) in [5, 5.41) is 10.6. The molecule has 16 heavy (non-hydrogen) atoms. The molecule has 0 unspecified atom stereocenters. The Kier molecular flexibility index (Phi) is 2.51. The summed E-state index contributed by atoms with van der Waals surface area (Å²) < 4.78 is 0. The maximum atomic E-state index is 10.6. The number of benzene rings is 1. The Labute approximate surface area is 91.7 Å². The minimum absolute atomic E-state index is 0.0433. The van der Waals surface area contributed by atoms with E-state index in [0.717, 1.165) is 0 Å². The average molecular weight is 215 g/mol. The van der Waals surface area contributed by atoms with E-state index in [4.69, 9.17) is 5.73 Å². The summed E-state index contributed by atoms with van der Waals surface area (Å²) >= 11 is 0. The van der Waals surface area contributed by atoms with Crippen molar-refractivity contribution in [3.8, 4) is 11.3 Å². The van der Waals surface area contributed by atoms with Crippen molar-refractivity contribution >= 4 is 11.5 Å². The van der Waals surface area contributed by atoms with Crippen LogP contribution in [0.4, 0.5) is 11.5 Å². The molecule has 0 fully saturated rings. The van der Waals surface area contributed by atoms with Crippen LogP contribution < -0.4 is 5.73 Å². The number of hydrogen-bond acceptors (Lipinski definition) is 4. The Balaban J connectivity index is 2.48.